The first-order valence-electron chi connectivity index (χ1n) is 8.75. The Morgan fingerprint density at radius 3 is 2.70 bits per heavy atom. The maximum Gasteiger partial charge on any atom is 0.233 e. The van der Waals surface area contributed by atoms with Gasteiger partial charge in [0.15, 0.2) is 4.34 Å². The van der Waals surface area contributed by atoms with Crippen LogP contribution in [-0.2, 0) is 11.3 Å². The van der Waals surface area contributed by atoms with Crippen LogP contribution < -0.4 is 5.32 Å². The van der Waals surface area contributed by atoms with Crippen LogP contribution in [0.3, 0.4) is 0 Å². The molecule has 7 heteroatoms. The molecule has 0 aliphatic heterocycles. The number of carbonyl (C=O) groups excluding carboxylic acids is 1. The number of aryl methyl sites for hydroxylation is 1. The molecule has 27 heavy (non-hydrogen) atoms. The number of anilines is 2. The van der Waals surface area contributed by atoms with E-state index in [9.17, 15) is 4.79 Å². The Morgan fingerprint density at radius 2 is 1.96 bits per heavy atom. The zero-order valence-corrected chi connectivity index (χ0v) is 17.0. The van der Waals surface area contributed by atoms with Crippen LogP contribution in [0.5, 0.6) is 0 Å². The van der Waals surface area contributed by atoms with Crippen molar-refractivity contribution in [3.8, 4) is 0 Å². The Labute approximate surface area is 167 Å². The van der Waals surface area contributed by atoms with E-state index in [1.807, 2.05) is 67.3 Å². The summed E-state index contributed by atoms with van der Waals surface area (Å²) in [7, 11) is 0. The minimum Gasteiger partial charge on any atom is -0.338 e. The zero-order chi connectivity index (χ0) is 19.1. The van der Waals surface area contributed by atoms with E-state index in [0.29, 0.717) is 18.8 Å². The van der Waals surface area contributed by atoms with Gasteiger partial charge in [-0.3, -0.25) is 4.79 Å². The van der Waals surface area contributed by atoms with Crippen molar-refractivity contribution in [3.63, 3.8) is 0 Å². The molecule has 0 atom stereocenters. The molecular formula is C20H22N4OS2. The Balaban J connectivity index is 1.53. The highest BCUT2D eigenvalue weighted by atomic mass is 32.2. The van der Waals surface area contributed by atoms with Crippen molar-refractivity contribution < 1.29 is 4.79 Å². The van der Waals surface area contributed by atoms with Gasteiger partial charge >= 0.3 is 0 Å². The molecule has 0 aliphatic carbocycles. The number of carbonyl (C=O) groups is 1. The summed E-state index contributed by atoms with van der Waals surface area (Å²) in [5.74, 6) is 0.467. The molecule has 3 rings (SSSR count). The molecule has 0 aliphatic rings. The highest BCUT2D eigenvalue weighted by molar-refractivity contribution is 8.01. The van der Waals surface area contributed by atoms with Crippen LogP contribution in [-0.4, -0.2) is 33.3 Å². The highest BCUT2D eigenvalue weighted by Gasteiger charge is 2.14. The molecule has 0 fully saturated rings. The number of rotatable bonds is 8. The summed E-state index contributed by atoms with van der Waals surface area (Å²) in [5.41, 5.74) is 3.31. The Kier molecular flexibility index (Phi) is 6.84. The number of nitrogens with one attached hydrogen (secondary N) is 1. The van der Waals surface area contributed by atoms with Crippen molar-refractivity contribution in [2.75, 3.05) is 17.6 Å². The van der Waals surface area contributed by atoms with Crippen LogP contribution in [0.1, 0.15) is 18.1 Å². The molecule has 1 amide bonds. The molecule has 0 spiro atoms. The van der Waals surface area contributed by atoms with Gasteiger partial charge in [0.25, 0.3) is 0 Å². The van der Waals surface area contributed by atoms with Crippen LogP contribution in [0.2, 0.25) is 0 Å². The summed E-state index contributed by atoms with van der Waals surface area (Å²) in [6, 6.07) is 18.1. The Morgan fingerprint density at radius 1 is 1.15 bits per heavy atom. The lowest BCUT2D eigenvalue weighted by Gasteiger charge is -2.20. The second-order valence-corrected chi connectivity index (χ2v) is 8.25. The Hall–Kier alpha value is -2.38. The van der Waals surface area contributed by atoms with Gasteiger partial charge < -0.3 is 10.2 Å². The summed E-state index contributed by atoms with van der Waals surface area (Å²) < 4.78 is 0.786. The average Bonchev–Trinajstić information content (AvgIpc) is 3.12. The monoisotopic (exact) mass is 398 g/mol. The van der Waals surface area contributed by atoms with Crippen LogP contribution in [0.15, 0.2) is 58.9 Å². The fourth-order valence-electron chi connectivity index (χ4n) is 2.56. The van der Waals surface area contributed by atoms with Crippen LogP contribution >= 0.6 is 23.1 Å². The normalized spacial score (nSPS) is 10.6. The first-order valence-corrected chi connectivity index (χ1v) is 10.6. The number of hydrogen-bond donors (Lipinski definition) is 1. The van der Waals surface area contributed by atoms with Crippen LogP contribution in [0, 0.1) is 6.92 Å². The third-order valence-corrected chi connectivity index (χ3v) is 5.90. The summed E-state index contributed by atoms with van der Waals surface area (Å²) in [6.07, 6.45) is 0. The van der Waals surface area contributed by atoms with Gasteiger partial charge in [-0.25, -0.2) is 0 Å². The summed E-state index contributed by atoms with van der Waals surface area (Å²) in [5, 5.41) is 12.3. The molecule has 0 unspecified atom stereocenters. The van der Waals surface area contributed by atoms with Crippen molar-refractivity contribution in [3.05, 3.63) is 65.7 Å². The van der Waals surface area contributed by atoms with Gasteiger partial charge in [-0.2, -0.15) is 0 Å². The van der Waals surface area contributed by atoms with E-state index in [1.165, 1.54) is 28.7 Å². The standard InChI is InChI=1S/C20H22N4OS2/c1-3-24(13-16-9-5-4-6-10-16)18(25)14-26-20-23-22-19(27-20)21-17-11-7-8-15(2)12-17/h4-12H,3,13-14H2,1-2H3,(H,21,22). The fourth-order valence-corrected chi connectivity index (χ4v) is 4.23. The molecule has 1 aromatic heterocycles. The second kappa shape index (κ2) is 9.53. The van der Waals surface area contributed by atoms with E-state index in [2.05, 4.69) is 21.6 Å². The van der Waals surface area contributed by atoms with Gasteiger partial charge in [-0.1, -0.05) is 65.6 Å². The minimum absolute atomic E-state index is 0.106. The lowest BCUT2D eigenvalue weighted by atomic mass is 10.2. The first kappa shape index (κ1) is 19.4. The average molecular weight is 399 g/mol. The highest BCUT2D eigenvalue weighted by Crippen LogP contribution is 2.28. The molecule has 1 N–H and O–H groups in total. The number of benzene rings is 2. The number of nitrogens with zero attached hydrogens (tertiary/aromatic N) is 3. The van der Waals surface area contributed by atoms with Crippen molar-refractivity contribution in [2.45, 2.75) is 24.7 Å². The van der Waals surface area contributed by atoms with E-state index >= 15 is 0 Å². The van der Waals surface area contributed by atoms with E-state index < -0.39 is 0 Å². The molecule has 1 heterocycles. The number of hydrogen-bond acceptors (Lipinski definition) is 6. The zero-order valence-electron chi connectivity index (χ0n) is 15.4. The number of thioether (sulfide) groups is 1. The molecule has 2 aromatic carbocycles. The van der Waals surface area contributed by atoms with E-state index in [1.54, 1.807) is 0 Å². The molecule has 5 nitrogen and oxygen atoms in total. The predicted octanol–water partition coefficient (Wildman–Crippen LogP) is 4.73. The first-order chi connectivity index (χ1) is 13.1. The lowest BCUT2D eigenvalue weighted by molar-refractivity contribution is -0.128. The molecular weight excluding hydrogens is 376 g/mol. The van der Waals surface area contributed by atoms with Crippen molar-refractivity contribution in [1.82, 2.24) is 15.1 Å². The van der Waals surface area contributed by atoms with Crippen molar-refractivity contribution >= 4 is 39.8 Å². The summed E-state index contributed by atoms with van der Waals surface area (Å²) in [4.78, 5) is 14.4. The van der Waals surface area contributed by atoms with Gasteiger partial charge in [0.1, 0.15) is 0 Å². The third-order valence-electron chi connectivity index (χ3n) is 3.95. The second-order valence-electron chi connectivity index (χ2n) is 6.05. The minimum atomic E-state index is 0.106. The van der Waals surface area contributed by atoms with Crippen molar-refractivity contribution in [1.29, 1.82) is 0 Å². The predicted molar refractivity (Wildman–Crippen MR) is 113 cm³/mol. The van der Waals surface area contributed by atoms with E-state index in [0.717, 1.165) is 20.7 Å². The molecule has 0 radical (unpaired) electrons. The summed E-state index contributed by atoms with van der Waals surface area (Å²) >= 11 is 2.89. The van der Waals surface area contributed by atoms with Gasteiger partial charge in [0, 0.05) is 18.8 Å². The maximum absolute atomic E-state index is 12.5. The van der Waals surface area contributed by atoms with Gasteiger partial charge in [-0.05, 0) is 37.1 Å². The van der Waals surface area contributed by atoms with Gasteiger partial charge in [0.05, 0.1) is 5.75 Å². The number of amides is 1. The largest absolute Gasteiger partial charge is 0.338 e. The molecule has 0 bridgehead atoms. The lowest BCUT2D eigenvalue weighted by Crippen LogP contribution is -2.31. The quantitative estimate of drug-likeness (QED) is 0.556. The van der Waals surface area contributed by atoms with Gasteiger partial charge in [0.2, 0.25) is 11.0 Å². The molecule has 3 aromatic rings. The molecule has 0 saturated heterocycles. The van der Waals surface area contributed by atoms with E-state index in [-0.39, 0.29) is 5.91 Å². The third kappa shape index (κ3) is 5.80. The molecule has 140 valence electrons. The van der Waals surface area contributed by atoms with Crippen LogP contribution in [0.4, 0.5) is 10.8 Å². The topological polar surface area (TPSA) is 58.1 Å². The Bertz CT molecular complexity index is 882. The smallest absolute Gasteiger partial charge is 0.233 e. The summed E-state index contributed by atoms with van der Waals surface area (Å²) in [6.45, 7) is 5.37. The molecule has 0 saturated carbocycles. The fraction of sp³-hybridized carbons (Fsp3) is 0.250. The SMILES string of the molecule is CCN(Cc1ccccc1)C(=O)CSc1nnc(Nc2cccc(C)c2)s1. The van der Waals surface area contributed by atoms with E-state index in [4.69, 9.17) is 0 Å². The van der Waals surface area contributed by atoms with Crippen LogP contribution in [0.25, 0.3) is 0 Å². The number of aromatic nitrogens is 2. The van der Waals surface area contributed by atoms with Crippen molar-refractivity contribution in [2.24, 2.45) is 0 Å². The van der Waals surface area contributed by atoms with Gasteiger partial charge in [-0.15, -0.1) is 10.2 Å². The maximum atomic E-state index is 12.5.